The Kier molecular flexibility index (Phi) is 3.78. The van der Waals surface area contributed by atoms with Crippen molar-refractivity contribution in [3.63, 3.8) is 0 Å². The maximum atomic E-state index is 10.7. The monoisotopic (exact) mass is 240 g/mol. The van der Waals surface area contributed by atoms with Crippen molar-refractivity contribution in [2.75, 3.05) is 0 Å². The SMILES string of the molecule is CC(CC(=O)O)c1ccc(-c2ccccc2)cc1. The minimum atomic E-state index is -0.755. The first kappa shape index (κ1) is 12.4. The van der Waals surface area contributed by atoms with Gasteiger partial charge >= 0.3 is 5.97 Å². The van der Waals surface area contributed by atoms with Crippen LogP contribution in [0, 0.1) is 0 Å². The van der Waals surface area contributed by atoms with Gasteiger partial charge in [0.25, 0.3) is 0 Å². The summed E-state index contributed by atoms with van der Waals surface area (Å²) < 4.78 is 0. The van der Waals surface area contributed by atoms with E-state index in [4.69, 9.17) is 5.11 Å². The molecule has 2 rings (SSSR count). The lowest BCUT2D eigenvalue weighted by Gasteiger charge is -2.10. The second-order valence-corrected chi connectivity index (χ2v) is 4.49. The summed E-state index contributed by atoms with van der Waals surface area (Å²) >= 11 is 0. The smallest absolute Gasteiger partial charge is 0.303 e. The molecule has 1 atom stereocenters. The van der Waals surface area contributed by atoms with Gasteiger partial charge in [0.2, 0.25) is 0 Å². The average molecular weight is 240 g/mol. The molecule has 0 amide bonds. The van der Waals surface area contributed by atoms with Crippen LogP contribution in [0.15, 0.2) is 54.6 Å². The van der Waals surface area contributed by atoms with Gasteiger partial charge in [0.1, 0.15) is 0 Å². The molecule has 2 aromatic carbocycles. The van der Waals surface area contributed by atoms with Crippen LogP contribution in [0.1, 0.15) is 24.8 Å². The second kappa shape index (κ2) is 5.50. The Morgan fingerprint density at radius 3 is 2.11 bits per heavy atom. The van der Waals surface area contributed by atoms with Crippen molar-refractivity contribution in [3.05, 3.63) is 60.2 Å². The summed E-state index contributed by atoms with van der Waals surface area (Å²) in [4.78, 5) is 10.7. The highest BCUT2D eigenvalue weighted by molar-refractivity contribution is 5.68. The lowest BCUT2D eigenvalue weighted by atomic mass is 9.95. The van der Waals surface area contributed by atoms with Crippen LogP contribution in [-0.4, -0.2) is 11.1 Å². The molecule has 0 aliphatic rings. The number of rotatable bonds is 4. The van der Waals surface area contributed by atoms with E-state index in [1.165, 1.54) is 5.56 Å². The average Bonchev–Trinajstić information content (AvgIpc) is 2.39. The van der Waals surface area contributed by atoms with Gasteiger partial charge < -0.3 is 5.11 Å². The summed E-state index contributed by atoms with van der Waals surface area (Å²) in [5.74, 6) is -0.707. The van der Waals surface area contributed by atoms with Gasteiger partial charge in [-0.05, 0) is 22.6 Å². The van der Waals surface area contributed by atoms with Gasteiger partial charge in [-0.1, -0.05) is 61.5 Å². The van der Waals surface area contributed by atoms with E-state index in [1.807, 2.05) is 49.4 Å². The van der Waals surface area contributed by atoms with Crippen molar-refractivity contribution >= 4 is 5.97 Å². The molecular weight excluding hydrogens is 224 g/mol. The van der Waals surface area contributed by atoms with Crippen LogP contribution in [-0.2, 0) is 4.79 Å². The molecule has 1 unspecified atom stereocenters. The first-order valence-electron chi connectivity index (χ1n) is 6.04. The molecule has 0 radical (unpaired) electrons. The van der Waals surface area contributed by atoms with E-state index in [-0.39, 0.29) is 12.3 Å². The maximum Gasteiger partial charge on any atom is 0.303 e. The van der Waals surface area contributed by atoms with E-state index in [0.29, 0.717) is 0 Å². The van der Waals surface area contributed by atoms with Gasteiger partial charge in [0.05, 0.1) is 6.42 Å². The Morgan fingerprint density at radius 2 is 1.56 bits per heavy atom. The maximum absolute atomic E-state index is 10.7. The lowest BCUT2D eigenvalue weighted by molar-refractivity contribution is -0.137. The minimum Gasteiger partial charge on any atom is -0.481 e. The molecule has 0 heterocycles. The summed E-state index contributed by atoms with van der Waals surface area (Å²) in [6.07, 6.45) is 0.171. The van der Waals surface area contributed by atoms with Crippen LogP contribution in [0.25, 0.3) is 11.1 Å². The van der Waals surface area contributed by atoms with E-state index in [1.54, 1.807) is 0 Å². The molecule has 2 aromatic rings. The molecule has 0 saturated carbocycles. The van der Waals surface area contributed by atoms with Crippen LogP contribution < -0.4 is 0 Å². The zero-order valence-electron chi connectivity index (χ0n) is 10.3. The summed E-state index contributed by atoms with van der Waals surface area (Å²) in [5.41, 5.74) is 3.40. The molecule has 0 spiro atoms. The number of benzene rings is 2. The summed E-state index contributed by atoms with van der Waals surface area (Å²) in [7, 11) is 0. The first-order valence-corrected chi connectivity index (χ1v) is 6.04. The van der Waals surface area contributed by atoms with Crippen molar-refractivity contribution < 1.29 is 9.90 Å². The minimum absolute atomic E-state index is 0.0484. The highest BCUT2D eigenvalue weighted by Crippen LogP contribution is 2.24. The van der Waals surface area contributed by atoms with E-state index in [0.717, 1.165) is 11.1 Å². The Morgan fingerprint density at radius 1 is 1.00 bits per heavy atom. The normalized spacial score (nSPS) is 12.1. The quantitative estimate of drug-likeness (QED) is 0.879. The number of carboxylic acid groups (broad SMARTS) is 1. The van der Waals surface area contributed by atoms with E-state index >= 15 is 0 Å². The summed E-state index contributed by atoms with van der Waals surface area (Å²) in [6.45, 7) is 1.94. The van der Waals surface area contributed by atoms with E-state index in [2.05, 4.69) is 12.1 Å². The van der Waals surface area contributed by atoms with Gasteiger partial charge in [-0.15, -0.1) is 0 Å². The fourth-order valence-electron chi connectivity index (χ4n) is 2.01. The molecule has 0 aromatic heterocycles. The molecule has 0 aliphatic heterocycles. The van der Waals surface area contributed by atoms with Gasteiger partial charge in [0.15, 0.2) is 0 Å². The molecular formula is C16H16O2. The van der Waals surface area contributed by atoms with Gasteiger partial charge in [-0.2, -0.15) is 0 Å². The van der Waals surface area contributed by atoms with Crippen molar-refractivity contribution in [3.8, 4) is 11.1 Å². The van der Waals surface area contributed by atoms with Crippen molar-refractivity contribution in [2.45, 2.75) is 19.3 Å². The van der Waals surface area contributed by atoms with Crippen molar-refractivity contribution in [1.29, 1.82) is 0 Å². The Balaban J connectivity index is 2.18. The van der Waals surface area contributed by atoms with E-state index in [9.17, 15) is 4.79 Å². The summed E-state index contributed by atoms with van der Waals surface area (Å²) in [5, 5.41) is 8.78. The van der Waals surface area contributed by atoms with Crippen LogP contribution in [0.2, 0.25) is 0 Å². The zero-order chi connectivity index (χ0) is 13.0. The van der Waals surface area contributed by atoms with Crippen LogP contribution in [0.4, 0.5) is 0 Å². The van der Waals surface area contributed by atoms with Crippen molar-refractivity contribution in [2.24, 2.45) is 0 Å². The zero-order valence-corrected chi connectivity index (χ0v) is 10.3. The predicted octanol–water partition coefficient (Wildman–Crippen LogP) is 3.93. The molecule has 2 nitrogen and oxygen atoms in total. The van der Waals surface area contributed by atoms with Crippen LogP contribution >= 0.6 is 0 Å². The number of carbonyl (C=O) groups is 1. The molecule has 92 valence electrons. The molecule has 2 heteroatoms. The topological polar surface area (TPSA) is 37.3 Å². The Bertz CT molecular complexity index is 515. The number of carboxylic acids is 1. The Hall–Kier alpha value is -2.09. The second-order valence-electron chi connectivity index (χ2n) is 4.49. The third-order valence-electron chi connectivity index (χ3n) is 3.07. The molecule has 0 saturated heterocycles. The first-order chi connectivity index (χ1) is 8.66. The fourth-order valence-corrected chi connectivity index (χ4v) is 2.01. The largest absolute Gasteiger partial charge is 0.481 e. The number of hydrogen-bond donors (Lipinski definition) is 1. The predicted molar refractivity (Wildman–Crippen MR) is 72.5 cm³/mol. The van der Waals surface area contributed by atoms with Crippen LogP contribution in [0.3, 0.4) is 0 Å². The molecule has 0 fully saturated rings. The standard InChI is InChI=1S/C16H16O2/c1-12(11-16(17)18)13-7-9-15(10-8-13)14-5-3-2-4-6-14/h2-10,12H,11H2,1H3,(H,17,18). The number of hydrogen-bond acceptors (Lipinski definition) is 1. The molecule has 18 heavy (non-hydrogen) atoms. The highest BCUT2D eigenvalue weighted by atomic mass is 16.4. The Labute approximate surface area is 107 Å². The van der Waals surface area contributed by atoms with Gasteiger partial charge in [-0.25, -0.2) is 0 Å². The highest BCUT2D eigenvalue weighted by Gasteiger charge is 2.09. The van der Waals surface area contributed by atoms with Crippen LogP contribution in [0.5, 0.6) is 0 Å². The fraction of sp³-hybridized carbons (Fsp3) is 0.188. The summed E-state index contributed by atoms with van der Waals surface area (Å²) in [6, 6.07) is 18.3. The molecule has 1 N–H and O–H groups in total. The number of aliphatic carboxylic acids is 1. The third kappa shape index (κ3) is 2.98. The molecule has 0 aliphatic carbocycles. The molecule has 0 bridgehead atoms. The van der Waals surface area contributed by atoms with E-state index < -0.39 is 5.97 Å². The third-order valence-corrected chi connectivity index (χ3v) is 3.07. The lowest BCUT2D eigenvalue weighted by Crippen LogP contribution is -2.02. The van der Waals surface area contributed by atoms with Crippen molar-refractivity contribution in [1.82, 2.24) is 0 Å². The van der Waals surface area contributed by atoms with Gasteiger partial charge in [-0.3, -0.25) is 4.79 Å². The van der Waals surface area contributed by atoms with Gasteiger partial charge in [0, 0.05) is 0 Å².